The fourth-order valence-corrected chi connectivity index (χ4v) is 2.87. The van der Waals surface area contributed by atoms with E-state index in [0.29, 0.717) is 24.6 Å². The summed E-state index contributed by atoms with van der Waals surface area (Å²) in [5.74, 6) is 1.46. The van der Waals surface area contributed by atoms with Gasteiger partial charge in [0.1, 0.15) is 17.6 Å². The molecule has 132 valence electrons. The number of benzene rings is 1. The summed E-state index contributed by atoms with van der Waals surface area (Å²) in [7, 11) is 0. The number of hydrogen-bond donors (Lipinski definition) is 1. The smallest absolute Gasteiger partial charge is 0.322 e. The maximum atomic E-state index is 12.6. The topological polar surface area (TPSA) is 63.7 Å². The van der Waals surface area contributed by atoms with Crippen LogP contribution in [0.25, 0.3) is 0 Å². The van der Waals surface area contributed by atoms with Gasteiger partial charge >= 0.3 is 6.03 Å². The molecule has 1 N–H and O–H groups in total. The van der Waals surface area contributed by atoms with Gasteiger partial charge in [-0.3, -0.25) is 4.98 Å². The second-order valence-electron chi connectivity index (χ2n) is 5.87. The predicted molar refractivity (Wildman–Crippen MR) is 96.1 cm³/mol. The molecule has 1 fully saturated rings. The molecule has 1 aliphatic rings. The Morgan fingerprint density at radius 3 is 2.88 bits per heavy atom. The Hall–Kier alpha value is -2.76. The van der Waals surface area contributed by atoms with Crippen LogP contribution in [-0.4, -0.2) is 41.7 Å². The molecule has 0 saturated carbocycles. The molecule has 0 spiro atoms. The molecule has 0 aliphatic carbocycles. The number of aromatic nitrogens is 1. The van der Waals surface area contributed by atoms with Crippen molar-refractivity contribution in [3.63, 3.8) is 0 Å². The largest absolute Gasteiger partial charge is 0.492 e. The highest BCUT2D eigenvalue weighted by Gasteiger charge is 2.25. The van der Waals surface area contributed by atoms with E-state index in [2.05, 4.69) is 10.3 Å². The summed E-state index contributed by atoms with van der Waals surface area (Å²) < 4.78 is 11.5. The molecule has 3 rings (SSSR count). The maximum absolute atomic E-state index is 12.6. The third kappa shape index (κ3) is 4.62. The molecular weight excluding hydrogens is 318 g/mol. The normalized spacial score (nSPS) is 17.0. The highest BCUT2D eigenvalue weighted by atomic mass is 16.5. The zero-order chi connectivity index (χ0) is 17.5. The Morgan fingerprint density at radius 2 is 2.08 bits per heavy atom. The SMILES string of the molecule is CCOc1ccccc1NC(=O)N1CCCC(Oc2ccncc2)C1. The second-order valence-corrected chi connectivity index (χ2v) is 5.87. The van der Waals surface area contributed by atoms with E-state index in [0.717, 1.165) is 25.1 Å². The number of likely N-dealkylation sites (tertiary alicyclic amines) is 1. The Kier molecular flexibility index (Phi) is 5.72. The van der Waals surface area contributed by atoms with Crippen LogP contribution in [0.4, 0.5) is 10.5 Å². The average Bonchev–Trinajstić information content (AvgIpc) is 2.64. The van der Waals surface area contributed by atoms with Crippen LogP contribution in [0.1, 0.15) is 19.8 Å². The van der Waals surface area contributed by atoms with Gasteiger partial charge in [-0.15, -0.1) is 0 Å². The van der Waals surface area contributed by atoms with Crippen molar-refractivity contribution >= 4 is 11.7 Å². The zero-order valence-corrected chi connectivity index (χ0v) is 14.4. The first-order valence-electron chi connectivity index (χ1n) is 8.60. The molecule has 1 aromatic carbocycles. The first-order chi connectivity index (χ1) is 12.3. The van der Waals surface area contributed by atoms with Gasteiger partial charge in [-0.05, 0) is 44.0 Å². The van der Waals surface area contributed by atoms with Crippen LogP contribution < -0.4 is 14.8 Å². The predicted octanol–water partition coefficient (Wildman–Crippen LogP) is 3.56. The van der Waals surface area contributed by atoms with Crippen LogP contribution in [0.2, 0.25) is 0 Å². The summed E-state index contributed by atoms with van der Waals surface area (Å²) in [5, 5.41) is 2.95. The van der Waals surface area contributed by atoms with Crippen LogP contribution in [0.3, 0.4) is 0 Å². The van der Waals surface area contributed by atoms with Gasteiger partial charge in [0, 0.05) is 18.9 Å². The van der Waals surface area contributed by atoms with Crippen molar-refractivity contribution in [2.45, 2.75) is 25.9 Å². The quantitative estimate of drug-likeness (QED) is 0.903. The molecule has 1 aromatic heterocycles. The molecule has 0 bridgehead atoms. The van der Waals surface area contributed by atoms with Gasteiger partial charge in [0.15, 0.2) is 0 Å². The fourth-order valence-electron chi connectivity index (χ4n) is 2.87. The van der Waals surface area contributed by atoms with Gasteiger partial charge in [0.2, 0.25) is 0 Å². The fraction of sp³-hybridized carbons (Fsp3) is 0.368. The van der Waals surface area contributed by atoms with Crippen molar-refractivity contribution in [2.75, 3.05) is 25.0 Å². The van der Waals surface area contributed by atoms with Crippen molar-refractivity contribution in [1.82, 2.24) is 9.88 Å². The monoisotopic (exact) mass is 341 g/mol. The highest BCUT2D eigenvalue weighted by molar-refractivity contribution is 5.91. The number of nitrogens with zero attached hydrogens (tertiary/aromatic N) is 2. The minimum Gasteiger partial charge on any atom is -0.492 e. The number of ether oxygens (including phenoxy) is 2. The Labute approximate surface area is 147 Å². The molecule has 6 heteroatoms. The lowest BCUT2D eigenvalue weighted by Crippen LogP contribution is -2.46. The van der Waals surface area contributed by atoms with Crippen molar-refractivity contribution < 1.29 is 14.3 Å². The van der Waals surface area contributed by atoms with E-state index in [1.54, 1.807) is 17.3 Å². The van der Waals surface area contributed by atoms with E-state index in [1.807, 2.05) is 43.3 Å². The van der Waals surface area contributed by atoms with E-state index >= 15 is 0 Å². The first-order valence-corrected chi connectivity index (χ1v) is 8.60. The lowest BCUT2D eigenvalue weighted by Gasteiger charge is -2.33. The zero-order valence-electron chi connectivity index (χ0n) is 14.4. The number of hydrogen-bond acceptors (Lipinski definition) is 4. The number of carbonyl (C=O) groups is 1. The third-order valence-corrected chi connectivity index (χ3v) is 4.05. The minimum absolute atomic E-state index is 0.0102. The summed E-state index contributed by atoms with van der Waals surface area (Å²) in [6.07, 6.45) is 5.24. The number of rotatable bonds is 5. The molecule has 2 aromatic rings. The lowest BCUT2D eigenvalue weighted by atomic mass is 10.1. The maximum Gasteiger partial charge on any atom is 0.322 e. The summed E-state index contributed by atoms with van der Waals surface area (Å²) in [5.41, 5.74) is 0.687. The van der Waals surface area contributed by atoms with Gasteiger partial charge < -0.3 is 19.7 Å². The van der Waals surface area contributed by atoms with Crippen LogP contribution in [0.15, 0.2) is 48.8 Å². The van der Waals surface area contributed by atoms with Crippen molar-refractivity contribution in [3.05, 3.63) is 48.8 Å². The molecule has 2 amide bonds. The highest BCUT2D eigenvalue weighted by Crippen LogP contribution is 2.25. The Bertz CT molecular complexity index is 693. The van der Waals surface area contributed by atoms with Crippen molar-refractivity contribution in [3.8, 4) is 11.5 Å². The molecule has 1 aliphatic heterocycles. The minimum atomic E-state index is -0.129. The van der Waals surface area contributed by atoms with Crippen molar-refractivity contribution in [2.24, 2.45) is 0 Å². The molecule has 1 saturated heterocycles. The molecule has 2 heterocycles. The number of carbonyl (C=O) groups excluding carboxylic acids is 1. The number of pyridine rings is 1. The number of nitrogens with one attached hydrogen (secondary N) is 1. The van der Waals surface area contributed by atoms with Gasteiger partial charge in [-0.2, -0.15) is 0 Å². The van der Waals surface area contributed by atoms with Gasteiger partial charge in [0.25, 0.3) is 0 Å². The molecule has 6 nitrogen and oxygen atoms in total. The summed E-state index contributed by atoms with van der Waals surface area (Å²) in [6, 6.07) is 11.0. The number of urea groups is 1. The Morgan fingerprint density at radius 1 is 1.28 bits per heavy atom. The summed E-state index contributed by atoms with van der Waals surface area (Å²) >= 11 is 0. The number of piperidine rings is 1. The summed E-state index contributed by atoms with van der Waals surface area (Å²) in [4.78, 5) is 18.4. The molecular formula is C19H23N3O3. The van der Waals surface area contributed by atoms with Crippen LogP contribution >= 0.6 is 0 Å². The molecule has 25 heavy (non-hydrogen) atoms. The van der Waals surface area contributed by atoms with E-state index in [9.17, 15) is 4.79 Å². The third-order valence-electron chi connectivity index (χ3n) is 4.05. The number of para-hydroxylation sites is 2. The number of amides is 2. The van der Waals surface area contributed by atoms with Crippen LogP contribution in [0, 0.1) is 0 Å². The number of anilines is 1. The van der Waals surface area contributed by atoms with Crippen molar-refractivity contribution in [1.29, 1.82) is 0 Å². The van der Waals surface area contributed by atoms with E-state index in [4.69, 9.17) is 9.47 Å². The lowest BCUT2D eigenvalue weighted by molar-refractivity contribution is 0.106. The van der Waals surface area contributed by atoms with Gasteiger partial charge in [-0.25, -0.2) is 4.79 Å². The first kappa shape index (κ1) is 17.1. The second kappa shape index (κ2) is 8.37. The van der Waals surface area contributed by atoms with E-state index in [-0.39, 0.29) is 12.1 Å². The van der Waals surface area contributed by atoms with Crippen LogP contribution in [-0.2, 0) is 0 Å². The van der Waals surface area contributed by atoms with Gasteiger partial charge in [0.05, 0.1) is 18.8 Å². The molecule has 0 radical (unpaired) electrons. The standard InChI is InChI=1S/C19H23N3O3/c1-2-24-18-8-4-3-7-17(18)21-19(23)22-13-5-6-16(14-22)25-15-9-11-20-12-10-15/h3-4,7-12,16H,2,5-6,13-14H2,1H3,(H,21,23). The molecule has 1 unspecified atom stereocenters. The average molecular weight is 341 g/mol. The van der Waals surface area contributed by atoms with E-state index in [1.165, 1.54) is 0 Å². The summed E-state index contributed by atoms with van der Waals surface area (Å²) in [6.45, 7) is 3.76. The van der Waals surface area contributed by atoms with E-state index < -0.39 is 0 Å². The Balaban J connectivity index is 1.60. The molecule has 1 atom stereocenters. The van der Waals surface area contributed by atoms with Gasteiger partial charge in [-0.1, -0.05) is 12.1 Å². The van der Waals surface area contributed by atoms with Crippen LogP contribution in [0.5, 0.6) is 11.5 Å².